The number of ether oxygens (including phenoxy) is 1. The summed E-state index contributed by atoms with van der Waals surface area (Å²) in [5, 5.41) is 3.65. The first-order chi connectivity index (χ1) is 9.72. The minimum absolute atomic E-state index is 0.114. The van der Waals surface area contributed by atoms with Crippen LogP contribution in [-0.2, 0) is 13.0 Å². The van der Waals surface area contributed by atoms with E-state index in [4.69, 9.17) is 16.3 Å². The van der Waals surface area contributed by atoms with Crippen molar-refractivity contribution in [2.24, 2.45) is 0 Å². The summed E-state index contributed by atoms with van der Waals surface area (Å²) in [5.74, 6) is 0.678. The second-order valence-electron chi connectivity index (χ2n) is 4.92. The van der Waals surface area contributed by atoms with Crippen LogP contribution < -0.4 is 10.1 Å². The zero-order valence-corrected chi connectivity index (χ0v) is 11.7. The van der Waals surface area contributed by atoms with Crippen LogP contribution in [0, 0.1) is 5.82 Å². The largest absolute Gasteiger partial charge is 0.488 e. The van der Waals surface area contributed by atoms with Crippen molar-refractivity contribution >= 4 is 11.6 Å². The van der Waals surface area contributed by atoms with Crippen molar-refractivity contribution in [1.29, 1.82) is 0 Å². The summed E-state index contributed by atoms with van der Waals surface area (Å²) in [4.78, 5) is 0. The second-order valence-corrected chi connectivity index (χ2v) is 5.35. The highest BCUT2D eigenvalue weighted by atomic mass is 35.5. The predicted molar refractivity (Wildman–Crippen MR) is 77.7 cm³/mol. The number of rotatable bonds is 4. The topological polar surface area (TPSA) is 21.3 Å². The van der Waals surface area contributed by atoms with E-state index >= 15 is 0 Å². The molecule has 0 radical (unpaired) electrons. The molecule has 0 amide bonds. The molecule has 0 fully saturated rings. The maximum atomic E-state index is 13.6. The Labute approximate surface area is 122 Å². The second kappa shape index (κ2) is 5.81. The van der Waals surface area contributed by atoms with E-state index < -0.39 is 0 Å². The van der Waals surface area contributed by atoms with Crippen molar-refractivity contribution in [2.75, 3.05) is 6.54 Å². The molecule has 0 aromatic heterocycles. The van der Waals surface area contributed by atoms with E-state index in [1.807, 2.05) is 18.2 Å². The van der Waals surface area contributed by atoms with Crippen LogP contribution in [0.2, 0.25) is 5.02 Å². The third-order valence-electron chi connectivity index (χ3n) is 3.42. The lowest BCUT2D eigenvalue weighted by Gasteiger charge is -2.12. The Morgan fingerprint density at radius 1 is 1.25 bits per heavy atom. The summed E-state index contributed by atoms with van der Waals surface area (Å²) in [6.45, 7) is 1.16. The molecule has 0 aliphatic carbocycles. The summed E-state index contributed by atoms with van der Waals surface area (Å²) in [6, 6.07) is 12.8. The van der Waals surface area contributed by atoms with Gasteiger partial charge in [0.25, 0.3) is 0 Å². The molecule has 1 aliphatic heterocycles. The lowest BCUT2D eigenvalue weighted by atomic mass is 10.1. The van der Waals surface area contributed by atoms with Gasteiger partial charge < -0.3 is 10.1 Å². The molecule has 0 bridgehead atoms. The van der Waals surface area contributed by atoms with Crippen molar-refractivity contribution in [3.8, 4) is 5.75 Å². The molecular weight excluding hydrogens is 277 g/mol. The van der Waals surface area contributed by atoms with Gasteiger partial charge >= 0.3 is 0 Å². The molecule has 3 rings (SSSR count). The Morgan fingerprint density at radius 2 is 2.10 bits per heavy atom. The van der Waals surface area contributed by atoms with Crippen LogP contribution in [0.15, 0.2) is 42.5 Å². The van der Waals surface area contributed by atoms with Crippen LogP contribution in [0.25, 0.3) is 0 Å². The number of halogens is 2. The van der Waals surface area contributed by atoms with Crippen LogP contribution in [0.4, 0.5) is 4.39 Å². The van der Waals surface area contributed by atoms with Gasteiger partial charge in [-0.1, -0.05) is 35.9 Å². The molecule has 1 aliphatic rings. The zero-order valence-electron chi connectivity index (χ0n) is 10.9. The van der Waals surface area contributed by atoms with Crippen LogP contribution in [0.3, 0.4) is 0 Å². The van der Waals surface area contributed by atoms with Gasteiger partial charge in [-0.05, 0) is 23.8 Å². The van der Waals surface area contributed by atoms with Crippen molar-refractivity contribution < 1.29 is 9.13 Å². The Balaban J connectivity index is 1.52. The minimum atomic E-state index is -0.277. The summed E-state index contributed by atoms with van der Waals surface area (Å²) in [5.41, 5.74) is 1.85. The smallest absolute Gasteiger partial charge is 0.129 e. The average Bonchev–Trinajstić information content (AvgIpc) is 2.84. The minimum Gasteiger partial charge on any atom is -0.488 e. The molecule has 1 unspecified atom stereocenters. The normalized spacial score (nSPS) is 16.8. The first kappa shape index (κ1) is 13.4. The monoisotopic (exact) mass is 291 g/mol. The quantitative estimate of drug-likeness (QED) is 0.930. The highest BCUT2D eigenvalue weighted by molar-refractivity contribution is 6.30. The van der Waals surface area contributed by atoms with Crippen LogP contribution in [0.5, 0.6) is 5.75 Å². The molecule has 1 atom stereocenters. The molecule has 2 aromatic rings. The molecular formula is C16H15ClFNO. The summed E-state index contributed by atoms with van der Waals surface area (Å²) in [6.07, 6.45) is 1.01. The Hall–Kier alpha value is -1.58. The van der Waals surface area contributed by atoms with Crippen LogP contribution >= 0.6 is 11.6 Å². The number of para-hydroxylation sites is 1. The van der Waals surface area contributed by atoms with E-state index in [0.29, 0.717) is 23.7 Å². The number of benzene rings is 2. The molecule has 1 heterocycles. The zero-order chi connectivity index (χ0) is 13.9. The summed E-state index contributed by atoms with van der Waals surface area (Å²) < 4.78 is 19.4. The van der Waals surface area contributed by atoms with E-state index in [1.165, 1.54) is 11.6 Å². The molecule has 2 nitrogen and oxygen atoms in total. The fourth-order valence-corrected chi connectivity index (χ4v) is 2.56. The molecule has 0 saturated carbocycles. The van der Waals surface area contributed by atoms with Gasteiger partial charge in [0.2, 0.25) is 0 Å². The molecule has 4 heteroatoms. The van der Waals surface area contributed by atoms with Crippen LogP contribution in [0.1, 0.15) is 11.1 Å². The molecule has 1 N–H and O–H groups in total. The lowest BCUT2D eigenvalue weighted by molar-refractivity contribution is 0.227. The Bertz CT molecular complexity index is 592. The Morgan fingerprint density at radius 3 is 2.90 bits per heavy atom. The van der Waals surface area contributed by atoms with Gasteiger partial charge in [-0.15, -0.1) is 0 Å². The Kier molecular flexibility index (Phi) is 3.90. The third-order valence-corrected chi connectivity index (χ3v) is 3.65. The van der Waals surface area contributed by atoms with Crippen molar-refractivity contribution in [3.63, 3.8) is 0 Å². The number of nitrogens with one attached hydrogen (secondary N) is 1. The van der Waals surface area contributed by atoms with Gasteiger partial charge in [-0.25, -0.2) is 4.39 Å². The van der Waals surface area contributed by atoms with E-state index in [9.17, 15) is 4.39 Å². The molecule has 0 saturated heterocycles. The number of hydrogen-bond donors (Lipinski definition) is 1. The first-order valence-electron chi connectivity index (χ1n) is 6.61. The van der Waals surface area contributed by atoms with Crippen molar-refractivity contribution in [2.45, 2.75) is 19.1 Å². The highest BCUT2D eigenvalue weighted by Gasteiger charge is 2.21. The van der Waals surface area contributed by atoms with E-state index in [0.717, 1.165) is 12.2 Å². The van der Waals surface area contributed by atoms with Gasteiger partial charge in [-0.2, -0.15) is 0 Å². The highest BCUT2D eigenvalue weighted by Crippen LogP contribution is 2.27. The van der Waals surface area contributed by atoms with Gasteiger partial charge in [0.05, 0.1) is 0 Å². The van der Waals surface area contributed by atoms with Gasteiger partial charge in [0, 0.05) is 30.1 Å². The maximum Gasteiger partial charge on any atom is 0.129 e. The summed E-state index contributed by atoms with van der Waals surface area (Å²) in [7, 11) is 0. The number of hydrogen-bond acceptors (Lipinski definition) is 2. The molecule has 20 heavy (non-hydrogen) atoms. The number of fused-ring (bicyclic) bond motifs is 1. The maximum absolute atomic E-state index is 13.6. The fourth-order valence-electron chi connectivity index (χ4n) is 2.40. The first-order valence-corrected chi connectivity index (χ1v) is 6.99. The van der Waals surface area contributed by atoms with E-state index in [-0.39, 0.29) is 11.9 Å². The molecule has 104 valence electrons. The average molecular weight is 292 g/mol. The lowest BCUT2D eigenvalue weighted by Crippen LogP contribution is -2.29. The van der Waals surface area contributed by atoms with Crippen molar-refractivity contribution in [1.82, 2.24) is 5.32 Å². The fraction of sp³-hybridized carbons (Fsp3) is 0.250. The van der Waals surface area contributed by atoms with Gasteiger partial charge in [0.15, 0.2) is 0 Å². The summed E-state index contributed by atoms with van der Waals surface area (Å²) >= 11 is 5.73. The van der Waals surface area contributed by atoms with E-state index in [1.54, 1.807) is 12.1 Å². The van der Waals surface area contributed by atoms with Crippen LogP contribution in [-0.4, -0.2) is 12.6 Å². The molecule has 0 spiro atoms. The van der Waals surface area contributed by atoms with Gasteiger partial charge in [-0.3, -0.25) is 0 Å². The SMILES string of the molecule is Fc1cc(Cl)ccc1CNCC1Cc2ccccc2O1. The van der Waals surface area contributed by atoms with Crippen molar-refractivity contribution in [3.05, 3.63) is 64.4 Å². The standard InChI is InChI=1S/C16H15ClFNO/c17-13-6-5-12(15(18)8-13)9-19-10-14-7-11-3-1-2-4-16(11)20-14/h1-6,8,14,19H,7,9-10H2. The predicted octanol–water partition coefficient (Wildman–Crippen LogP) is 3.57. The van der Waals surface area contributed by atoms with Gasteiger partial charge in [0.1, 0.15) is 17.7 Å². The molecule has 2 aromatic carbocycles. The van der Waals surface area contributed by atoms with E-state index in [2.05, 4.69) is 11.4 Å². The third kappa shape index (κ3) is 2.94.